The number of carbonyl (C=O) groups excluding carboxylic acids is 1. The van der Waals surface area contributed by atoms with Crippen LogP contribution in [0, 0.1) is 12.8 Å². The molecule has 0 fully saturated rings. The van der Waals surface area contributed by atoms with Gasteiger partial charge in [-0.1, -0.05) is 67.9 Å². The van der Waals surface area contributed by atoms with Crippen LogP contribution in [0.3, 0.4) is 0 Å². The van der Waals surface area contributed by atoms with Crippen LogP contribution in [0.2, 0.25) is 0 Å². The second kappa shape index (κ2) is 11.2. The molecule has 7 heteroatoms. The summed E-state index contributed by atoms with van der Waals surface area (Å²) in [7, 11) is -2.48. The molecule has 0 unspecified atom stereocenters. The number of amides is 1. The minimum atomic E-state index is -4.00. The first kappa shape index (κ1) is 25.3. The molecule has 0 aliphatic rings. The van der Waals surface area contributed by atoms with E-state index in [2.05, 4.69) is 19.2 Å². The van der Waals surface area contributed by atoms with Gasteiger partial charge in [-0.3, -0.25) is 9.10 Å². The molecule has 0 saturated carbocycles. The summed E-state index contributed by atoms with van der Waals surface area (Å²) in [6, 6.07) is 22.8. The minimum absolute atomic E-state index is 0.121. The lowest BCUT2D eigenvalue weighted by atomic mass is 9.97. The molecule has 0 aliphatic heterocycles. The number of methoxy groups -OCH3 is 1. The van der Waals surface area contributed by atoms with Gasteiger partial charge in [0.1, 0.15) is 12.3 Å². The fraction of sp³-hybridized carbons (Fsp3) is 0.296. The van der Waals surface area contributed by atoms with Crippen LogP contribution < -0.4 is 14.4 Å². The molecule has 0 saturated heterocycles. The van der Waals surface area contributed by atoms with Crippen molar-refractivity contribution < 1.29 is 17.9 Å². The highest BCUT2D eigenvalue weighted by molar-refractivity contribution is 7.92. The Morgan fingerprint density at radius 3 is 2.26 bits per heavy atom. The van der Waals surface area contributed by atoms with Crippen molar-refractivity contribution in [2.45, 2.75) is 38.1 Å². The van der Waals surface area contributed by atoms with Gasteiger partial charge in [-0.15, -0.1) is 0 Å². The Hall–Kier alpha value is -3.32. The average molecular weight is 481 g/mol. The fourth-order valence-corrected chi connectivity index (χ4v) is 5.14. The molecule has 1 amide bonds. The fourth-order valence-electron chi connectivity index (χ4n) is 3.72. The normalized spacial score (nSPS) is 12.3. The van der Waals surface area contributed by atoms with Gasteiger partial charge in [0.2, 0.25) is 5.91 Å². The van der Waals surface area contributed by atoms with Gasteiger partial charge in [-0.2, -0.15) is 0 Å². The molecule has 3 aromatic rings. The second-order valence-electron chi connectivity index (χ2n) is 8.69. The van der Waals surface area contributed by atoms with E-state index >= 15 is 0 Å². The Morgan fingerprint density at radius 2 is 1.65 bits per heavy atom. The number of nitrogens with zero attached hydrogens (tertiary/aromatic N) is 1. The lowest BCUT2D eigenvalue weighted by Crippen LogP contribution is -2.42. The van der Waals surface area contributed by atoms with Crippen LogP contribution in [0.15, 0.2) is 83.8 Å². The molecular weight excluding hydrogens is 448 g/mol. The maximum absolute atomic E-state index is 13.6. The Morgan fingerprint density at radius 1 is 0.971 bits per heavy atom. The number of sulfonamides is 1. The zero-order chi connectivity index (χ0) is 24.7. The van der Waals surface area contributed by atoms with E-state index in [0.29, 0.717) is 17.4 Å². The quantitative estimate of drug-likeness (QED) is 0.438. The minimum Gasteiger partial charge on any atom is -0.497 e. The van der Waals surface area contributed by atoms with Gasteiger partial charge in [0.25, 0.3) is 10.0 Å². The van der Waals surface area contributed by atoms with E-state index < -0.39 is 10.0 Å². The molecular formula is C27H32N2O4S. The van der Waals surface area contributed by atoms with Crippen molar-refractivity contribution in [3.8, 4) is 5.75 Å². The number of hydrogen-bond acceptors (Lipinski definition) is 4. The maximum atomic E-state index is 13.6. The monoisotopic (exact) mass is 480 g/mol. The third-order valence-electron chi connectivity index (χ3n) is 5.48. The summed E-state index contributed by atoms with van der Waals surface area (Å²) >= 11 is 0. The molecule has 1 atom stereocenters. The number of anilines is 1. The third-order valence-corrected chi connectivity index (χ3v) is 7.27. The van der Waals surface area contributed by atoms with Gasteiger partial charge >= 0.3 is 0 Å². The molecule has 0 spiro atoms. The predicted octanol–water partition coefficient (Wildman–Crippen LogP) is 5.10. The summed E-state index contributed by atoms with van der Waals surface area (Å²) < 4.78 is 33.7. The summed E-state index contributed by atoms with van der Waals surface area (Å²) in [6.45, 7) is 5.71. The molecule has 180 valence electrons. The van der Waals surface area contributed by atoms with Crippen molar-refractivity contribution in [2.24, 2.45) is 5.92 Å². The highest BCUT2D eigenvalue weighted by Gasteiger charge is 2.28. The zero-order valence-electron chi connectivity index (χ0n) is 20.1. The number of aryl methyl sites for hydroxylation is 1. The van der Waals surface area contributed by atoms with E-state index in [1.165, 1.54) is 7.11 Å². The number of carbonyl (C=O) groups is 1. The highest BCUT2D eigenvalue weighted by atomic mass is 32.2. The SMILES string of the molecule is COc1cccc(N(CC(=O)N[C@H](CC(C)C)c2ccccc2)S(=O)(=O)c2ccc(C)cc2)c1. The van der Waals surface area contributed by atoms with E-state index in [0.717, 1.165) is 21.9 Å². The van der Waals surface area contributed by atoms with Gasteiger partial charge in [0.05, 0.1) is 23.7 Å². The van der Waals surface area contributed by atoms with Gasteiger partial charge in [-0.05, 0) is 49.1 Å². The van der Waals surface area contributed by atoms with Crippen LogP contribution in [-0.2, 0) is 14.8 Å². The molecule has 0 heterocycles. The summed E-state index contributed by atoms with van der Waals surface area (Å²) in [5.41, 5.74) is 2.29. The standard InChI is InChI=1S/C27H32N2O4S/c1-20(2)17-26(22-9-6-5-7-10-22)28-27(30)19-29(23-11-8-12-24(18-23)33-4)34(31,32)25-15-13-21(3)14-16-25/h5-16,18,20,26H,17,19H2,1-4H3,(H,28,30)/t26-/m1/s1. The number of nitrogens with one attached hydrogen (secondary N) is 1. The molecule has 3 rings (SSSR count). The topological polar surface area (TPSA) is 75.7 Å². The molecule has 0 aromatic heterocycles. The smallest absolute Gasteiger partial charge is 0.264 e. The molecule has 34 heavy (non-hydrogen) atoms. The molecule has 0 bridgehead atoms. The van der Waals surface area contributed by atoms with Gasteiger partial charge < -0.3 is 10.1 Å². The molecule has 3 aromatic carbocycles. The van der Waals surface area contributed by atoms with Crippen LogP contribution in [0.25, 0.3) is 0 Å². The molecule has 1 N–H and O–H groups in total. The summed E-state index contributed by atoms with van der Waals surface area (Å²) in [5, 5.41) is 3.05. The van der Waals surface area contributed by atoms with Gasteiger partial charge in [0, 0.05) is 6.07 Å². The van der Waals surface area contributed by atoms with Crippen molar-refractivity contribution in [2.75, 3.05) is 18.0 Å². The number of rotatable bonds is 10. The Labute approximate surface area is 202 Å². The molecule has 0 radical (unpaired) electrons. The number of benzene rings is 3. The van der Waals surface area contributed by atoms with Crippen molar-refractivity contribution in [1.29, 1.82) is 0 Å². The summed E-state index contributed by atoms with van der Waals surface area (Å²) in [4.78, 5) is 13.4. The van der Waals surface area contributed by atoms with Crippen molar-refractivity contribution >= 4 is 21.6 Å². The van der Waals surface area contributed by atoms with E-state index in [4.69, 9.17) is 4.74 Å². The maximum Gasteiger partial charge on any atom is 0.264 e. The first-order valence-electron chi connectivity index (χ1n) is 11.3. The Kier molecular flexibility index (Phi) is 8.34. The van der Waals surface area contributed by atoms with Crippen molar-refractivity contribution in [1.82, 2.24) is 5.32 Å². The Balaban J connectivity index is 1.94. The van der Waals surface area contributed by atoms with E-state index in [1.807, 2.05) is 37.3 Å². The van der Waals surface area contributed by atoms with Crippen LogP contribution in [-0.4, -0.2) is 28.0 Å². The van der Waals surface area contributed by atoms with Crippen LogP contribution >= 0.6 is 0 Å². The van der Waals surface area contributed by atoms with Crippen molar-refractivity contribution in [3.05, 3.63) is 90.0 Å². The lowest BCUT2D eigenvalue weighted by Gasteiger charge is -2.27. The van der Waals surface area contributed by atoms with E-state index in [1.54, 1.807) is 48.5 Å². The van der Waals surface area contributed by atoms with Crippen molar-refractivity contribution in [3.63, 3.8) is 0 Å². The molecule has 6 nitrogen and oxygen atoms in total. The number of hydrogen-bond donors (Lipinski definition) is 1. The first-order chi connectivity index (χ1) is 16.2. The predicted molar refractivity (Wildman–Crippen MR) is 135 cm³/mol. The summed E-state index contributed by atoms with van der Waals surface area (Å²) in [5.74, 6) is 0.466. The first-order valence-corrected chi connectivity index (χ1v) is 12.7. The number of ether oxygens (including phenoxy) is 1. The van der Waals surface area contributed by atoms with Crippen LogP contribution in [0.1, 0.15) is 37.4 Å². The second-order valence-corrected chi connectivity index (χ2v) is 10.5. The highest BCUT2D eigenvalue weighted by Crippen LogP contribution is 2.28. The average Bonchev–Trinajstić information content (AvgIpc) is 2.82. The van der Waals surface area contributed by atoms with E-state index in [-0.39, 0.29) is 23.4 Å². The van der Waals surface area contributed by atoms with Gasteiger partial charge in [0.15, 0.2) is 0 Å². The van der Waals surface area contributed by atoms with Gasteiger partial charge in [-0.25, -0.2) is 8.42 Å². The zero-order valence-corrected chi connectivity index (χ0v) is 20.9. The summed E-state index contributed by atoms with van der Waals surface area (Å²) in [6.07, 6.45) is 0.736. The van der Waals surface area contributed by atoms with E-state index in [9.17, 15) is 13.2 Å². The largest absolute Gasteiger partial charge is 0.497 e. The molecule has 0 aliphatic carbocycles. The Bertz CT molecular complexity index is 1190. The van der Waals surface area contributed by atoms with Crippen LogP contribution in [0.5, 0.6) is 5.75 Å². The lowest BCUT2D eigenvalue weighted by molar-refractivity contribution is -0.120. The van der Waals surface area contributed by atoms with Crippen LogP contribution in [0.4, 0.5) is 5.69 Å². The third kappa shape index (κ3) is 6.38.